The topological polar surface area (TPSA) is 58.6 Å². The van der Waals surface area contributed by atoms with E-state index in [2.05, 4.69) is 5.32 Å². The van der Waals surface area contributed by atoms with Gasteiger partial charge in [-0.3, -0.25) is 9.59 Å². The van der Waals surface area contributed by atoms with Gasteiger partial charge in [0.1, 0.15) is 17.7 Å². The first-order chi connectivity index (χ1) is 14.1. The van der Waals surface area contributed by atoms with Crippen molar-refractivity contribution in [2.75, 3.05) is 13.0 Å². The van der Waals surface area contributed by atoms with E-state index in [4.69, 9.17) is 16.3 Å². The van der Waals surface area contributed by atoms with Gasteiger partial charge >= 0.3 is 0 Å². The fraction of sp³-hybridized carbons (Fsp3) is 0.455. The number of hydrogen-bond donors (Lipinski definition) is 1. The van der Waals surface area contributed by atoms with Gasteiger partial charge in [-0.05, 0) is 42.0 Å². The number of halogens is 1. The van der Waals surface area contributed by atoms with Gasteiger partial charge in [-0.25, -0.2) is 0 Å². The van der Waals surface area contributed by atoms with Crippen molar-refractivity contribution in [2.24, 2.45) is 0 Å². The molecule has 5 nitrogen and oxygen atoms in total. The Kier molecular flexibility index (Phi) is 7.95. The van der Waals surface area contributed by atoms with Gasteiger partial charge in [-0.15, -0.1) is 22.9 Å². The zero-order valence-corrected chi connectivity index (χ0v) is 18.2. The van der Waals surface area contributed by atoms with Crippen LogP contribution in [0.4, 0.5) is 0 Å². The Morgan fingerprint density at radius 2 is 1.93 bits per heavy atom. The molecule has 1 atom stereocenters. The van der Waals surface area contributed by atoms with Crippen LogP contribution in [0.15, 0.2) is 41.8 Å². The third-order valence-electron chi connectivity index (χ3n) is 5.28. The molecule has 2 aromatic rings. The molecule has 0 bridgehead atoms. The number of ether oxygens (including phenoxy) is 1. The third kappa shape index (κ3) is 5.73. The van der Waals surface area contributed by atoms with E-state index in [1.807, 2.05) is 41.8 Å². The molecule has 0 unspecified atom stereocenters. The summed E-state index contributed by atoms with van der Waals surface area (Å²) in [5, 5.41) is 5.14. The fourth-order valence-electron chi connectivity index (χ4n) is 3.76. The number of benzene rings is 1. The molecule has 1 aliphatic carbocycles. The van der Waals surface area contributed by atoms with Crippen molar-refractivity contribution in [1.29, 1.82) is 0 Å². The minimum Gasteiger partial charge on any atom is -0.497 e. The number of nitrogens with one attached hydrogen (secondary N) is 1. The van der Waals surface area contributed by atoms with Crippen LogP contribution in [-0.4, -0.2) is 35.7 Å². The average Bonchev–Trinajstić information content (AvgIpc) is 3.27. The van der Waals surface area contributed by atoms with Crippen molar-refractivity contribution in [3.05, 3.63) is 52.2 Å². The van der Waals surface area contributed by atoms with Crippen LogP contribution in [0.25, 0.3) is 0 Å². The van der Waals surface area contributed by atoms with Gasteiger partial charge in [0.2, 0.25) is 11.8 Å². The summed E-state index contributed by atoms with van der Waals surface area (Å²) >= 11 is 7.48. The summed E-state index contributed by atoms with van der Waals surface area (Å²) in [5.41, 5.74) is 0.745. The van der Waals surface area contributed by atoms with Crippen LogP contribution >= 0.6 is 22.9 Å². The van der Waals surface area contributed by atoms with Crippen LogP contribution in [0, 0.1) is 0 Å². The molecule has 0 radical (unpaired) electrons. The zero-order chi connectivity index (χ0) is 20.6. The largest absolute Gasteiger partial charge is 0.497 e. The molecular weight excluding hydrogens is 408 g/mol. The number of nitrogens with zero attached hydrogens (tertiary/aromatic N) is 1. The van der Waals surface area contributed by atoms with Gasteiger partial charge in [0.15, 0.2) is 0 Å². The standard InChI is InChI=1S/C22H27ClN2O3S/c1-28-18-11-9-16(10-12-18)21(22(27)24-17-6-3-2-4-7-17)25(20(26)14-23)15-19-8-5-13-29-19/h5,8-13,17,21H,2-4,6-7,14-15H2,1H3,(H,24,27)/t21-/m0/s1. The lowest BCUT2D eigenvalue weighted by Gasteiger charge is -2.33. The molecule has 7 heteroatoms. The molecule has 156 valence electrons. The number of methoxy groups -OCH3 is 1. The highest BCUT2D eigenvalue weighted by atomic mass is 35.5. The summed E-state index contributed by atoms with van der Waals surface area (Å²) in [6.45, 7) is 0.345. The maximum Gasteiger partial charge on any atom is 0.247 e. The summed E-state index contributed by atoms with van der Waals surface area (Å²) < 4.78 is 5.24. The maximum absolute atomic E-state index is 13.4. The predicted octanol–water partition coefficient (Wildman–Crippen LogP) is 4.51. The molecule has 1 saturated carbocycles. The lowest BCUT2D eigenvalue weighted by atomic mass is 9.94. The van der Waals surface area contributed by atoms with E-state index in [0.717, 1.165) is 36.1 Å². The molecule has 1 aromatic carbocycles. The monoisotopic (exact) mass is 434 g/mol. The van der Waals surface area contributed by atoms with E-state index >= 15 is 0 Å². The van der Waals surface area contributed by atoms with E-state index in [1.165, 1.54) is 6.42 Å². The zero-order valence-electron chi connectivity index (χ0n) is 16.6. The van der Waals surface area contributed by atoms with Crippen LogP contribution in [0.3, 0.4) is 0 Å². The van der Waals surface area contributed by atoms with Crippen molar-refractivity contribution in [3.8, 4) is 5.75 Å². The summed E-state index contributed by atoms with van der Waals surface area (Å²) in [4.78, 5) is 28.7. The molecule has 1 aliphatic rings. The molecule has 3 rings (SSSR count). The van der Waals surface area contributed by atoms with E-state index in [1.54, 1.807) is 23.3 Å². The Morgan fingerprint density at radius 1 is 1.21 bits per heavy atom. The molecule has 1 heterocycles. The van der Waals surface area contributed by atoms with Crippen molar-refractivity contribution < 1.29 is 14.3 Å². The Labute approximate surface area is 181 Å². The Balaban J connectivity index is 1.91. The normalized spacial score (nSPS) is 15.5. The minimum absolute atomic E-state index is 0.155. The minimum atomic E-state index is -0.740. The van der Waals surface area contributed by atoms with Gasteiger partial charge in [0.05, 0.1) is 13.7 Å². The Bertz CT molecular complexity index is 789. The van der Waals surface area contributed by atoms with Crippen molar-refractivity contribution >= 4 is 34.8 Å². The van der Waals surface area contributed by atoms with Gasteiger partial charge in [0, 0.05) is 10.9 Å². The first-order valence-electron chi connectivity index (χ1n) is 9.94. The molecule has 1 N–H and O–H groups in total. The average molecular weight is 435 g/mol. The smallest absolute Gasteiger partial charge is 0.247 e. The SMILES string of the molecule is COc1ccc([C@@H](C(=O)NC2CCCCC2)N(Cc2cccs2)C(=O)CCl)cc1. The lowest BCUT2D eigenvalue weighted by Crippen LogP contribution is -2.47. The van der Waals surface area contributed by atoms with E-state index in [9.17, 15) is 9.59 Å². The second-order valence-corrected chi connectivity index (χ2v) is 8.55. The quantitative estimate of drug-likeness (QED) is 0.621. The highest BCUT2D eigenvalue weighted by Crippen LogP contribution is 2.28. The highest BCUT2D eigenvalue weighted by molar-refractivity contribution is 7.09. The van der Waals surface area contributed by atoms with Crippen LogP contribution in [-0.2, 0) is 16.1 Å². The second-order valence-electron chi connectivity index (χ2n) is 7.25. The number of rotatable bonds is 8. The molecule has 29 heavy (non-hydrogen) atoms. The van der Waals surface area contributed by atoms with Gasteiger partial charge < -0.3 is 15.0 Å². The Hall–Kier alpha value is -2.05. The second kappa shape index (κ2) is 10.6. The number of thiophene rings is 1. The third-order valence-corrected chi connectivity index (χ3v) is 6.37. The van der Waals surface area contributed by atoms with E-state index in [-0.39, 0.29) is 23.7 Å². The molecule has 1 aromatic heterocycles. The fourth-order valence-corrected chi connectivity index (χ4v) is 4.61. The van der Waals surface area contributed by atoms with Gasteiger partial charge in [-0.2, -0.15) is 0 Å². The number of carbonyl (C=O) groups excluding carboxylic acids is 2. The Morgan fingerprint density at radius 3 is 2.52 bits per heavy atom. The van der Waals surface area contributed by atoms with Gasteiger partial charge in [-0.1, -0.05) is 37.5 Å². The number of alkyl halides is 1. The van der Waals surface area contributed by atoms with Crippen LogP contribution in [0.5, 0.6) is 5.75 Å². The molecular formula is C22H27ClN2O3S. The van der Waals surface area contributed by atoms with E-state index < -0.39 is 6.04 Å². The van der Waals surface area contributed by atoms with Crippen molar-refractivity contribution in [2.45, 2.75) is 50.7 Å². The van der Waals surface area contributed by atoms with Crippen molar-refractivity contribution in [1.82, 2.24) is 10.2 Å². The number of hydrogen-bond acceptors (Lipinski definition) is 4. The molecule has 0 spiro atoms. The van der Waals surface area contributed by atoms with Gasteiger partial charge in [0.25, 0.3) is 0 Å². The molecule has 0 aliphatic heterocycles. The number of carbonyl (C=O) groups is 2. The summed E-state index contributed by atoms with van der Waals surface area (Å²) in [6, 6.07) is 10.6. The maximum atomic E-state index is 13.4. The van der Waals surface area contributed by atoms with Crippen LogP contribution in [0.2, 0.25) is 0 Å². The van der Waals surface area contributed by atoms with Crippen molar-refractivity contribution in [3.63, 3.8) is 0 Å². The van der Waals surface area contributed by atoms with Crippen LogP contribution in [0.1, 0.15) is 48.6 Å². The first-order valence-corrected chi connectivity index (χ1v) is 11.4. The molecule has 1 fully saturated rings. The van der Waals surface area contributed by atoms with Crippen LogP contribution < -0.4 is 10.1 Å². The summed E-state index contributed by atoms with van der Waals surface area (Å²) in [7, 11) is 1.60. The lowest BCUT2D eigenvalue weighted by molar-refractivity contribution is -0.140. The highest BCUT2D eigenvalue weighted by Gasteiger charge is 2.32. The summed E-state index contributed by atoms with van der Waals surface area (Å²) in [6.07, 6.45) is 5.42. The predicted molar refractivity (Wildman–Crippen MR) is 116 cm³/mol. The molecule has 0 saturated heterocycles. The molecule has 2 amide bonds. The van der Waals surface area contributed by atoms with E-state index in [0.29, 0.717) is 12.3 Å². The first kappa shape index (κ1) is 21.7. The summed E-state index contributed by atoms with van der Waals surface area (Å²) in [5.74, 6) is 0.111. The number of amides is 2.